The summed E-state index contributed by atoms with van der Waals surface area (Å²) < 4.78 is 42.8. The summed E-state index contributed by atoms with van der Waals surface area (Å²) in [5.74, 6) is -0.151. The number of rotatable bonds is 29. The minimum absolute atomic E-state index is 0.151. The fraction of sp³-hybridized carbons (Fsp3) is 0.733. The highest BCUT2D eigenvalue weighted by molar-refractivity contribution is 5.69. The van der Waals surface area contributed by atoms with Crippen molar-refractivity contribution in [1.82, 2.24) is 5.32 Å². The first kappa shape index (κ1) is 36.7. The van der Waals surface area contributed by atoms with E-state index in [9.17, 15) is 9.59 Å². The van der Waals surface area contributed by atoms with Gasteiger partial charge in [0.1, 0.15) is 13.2 Å². The lowest BCUT2D eigenvalue weighted by Crippen LogP contribution is -2.28. The third kappa shape index (κ3) is 26.4. The lowest BCUT2D eigenvalue weighted by atomic mass is 10.1. The second-order valence-corrected chi connectivity index (χ2v) is 9.05. The average molecular weight is 586 g/mol. The first-order valence-electron chi connectivity index (χ1n) is 14.8. The number of hydrogen-bond donors (Lipinski definition) is 1. The smallest absolute Gasteiger partial charge is 0.407 e. The predicted octanol–water partition coefficient (Wildman–Crippen LogP) is 3.92. The quantitative estimate of drug-likeness (QED) is 0.109. The molecule has 0 atom stereocenters. The number of unbranched alkanes of at least 4 members (excludes halogenated alkanes) is 4. The van der Waals surface area contributed by atoms with E-state index in [1.165, 1.54) is 19.3 Å². The lowest BCUT2D eigenvalue weighted by Gasteiger charge is -2.09. The molecule has 0 aliphatic heterocycles. The number of carbonyl (C=O) groups excluding carboxylic acids is 2. The normalized spacial score (nSPS) is 11.0. The number of ether oxygens (including phenoxy) is 8. The van der Waals surface area contributed by atoms with Crippen LogP contribution in [0.1, 0.15) is 51.0 Å². The third-order valence-electron chi connectivity index (χ3n) is 5.56. The monoisotopic (exact) mass is 585 g/mol. The Balaban J connectivity index is 1.69. The van der Waals surface area contributed by atoms with Crippen molar-refractivity contribution in [2.75, 3.05) is 92.4 Å². The molecule has 1 amide bonds. The molecule has 1 aromatic rings. The van der Waals surface area contributed by atoms with Crippen LogP contribution in [0.4, 0.5) is 4.79 Å². The summed E-state index contributed by atoms with van der Waals surface area (Å²) in [6.07, 6.45) is 5.59. The van der Waals surface area contributed by atoms with Crippen LogP contribution >= 0.6 is 0 Å². The third-order valence-corrected chi connectivity index (χ3v) is 5.56. The summed E-state index contributed by atoms with van der Waals surface area (Å²) in [7, 11) is 0. The predicted molar refractivity (Wildman–Crippen MR) is 154 cm³/mol. The molecule has 0 saturated heterocycles. The van der Waals surface area contributed by atoms with E-state index in [2.05, 4.69) is 12.2 Å². The summed E-state index contributed by atoms with van der Waals surface area (Å²) in [5.41, 5.74) is 0.938. The number of esters is 1. The Labute approximate surface area is 245 Å². The van der Waals surface area contributed by atoms with Crippen LogP contribution in [0.15, 0.2) is 30.3 Å². The second-order valence-electron chi connectivity index (χ2n) is 9.05. The van der Waals surface area contributed by atoms with Gasteiger partial charge in [-0.15, -0.1) is 0 Å². The zero-order valence-corrected chi connectivity index (χ0v) is 24.8. The van der Waals surface area contributed by atoms with E-state index < -0.39 is 6.09 Å². The van der Waals surface area contributed by atoms with E-state index >= 15 is 0 Å². The van der Waals surface area contributed by atoms with Crippen LogP contribution in [-0.4, -0.2) is 104 Å². The molecule has 0 radical (unpaired) electrons. The van der Waals surface area contributed by atoms with Gasteiger partial charge in [-0.05, 0) is 12.0 Å². The number of benzene rings is 1. The van der Waals surface area contributed by atoms with Gasteiger partial charge in [0.25, 0.3) is 0 Å². The fourth-order valence-corrected chi connectivity index (χ4v) is 3.36. The van der Waals surface area contributed by atoms with E-state index in [4.69, 9.17) is 37.9 Å². The molecule has 0 aliphatic rings. The van der Waals surface area contributed by atoms with Gasteiger partial charge in [-0.3, -0.25) is 4.79 Å². The summed E-state index contributed by atoms with van der Waals surface area (Å²) in [5, 5.41) is 2.64. The number of amides is 1. The van der Waals surface area contributed by atoms with E-state index in [1.54, 1.807) is 0 Å². The molecule has 1 aromatic carbocycles. The van der Waals surface area contributed by atoms with Crippen LogP contribution in [0.2, 0.25) is 0 Å². The van der Waals surface area contributed by atoms with Gasteiger partial charge in [-0.25, -0.2) is 4.79 Å². The van der Waals surface area contributed by atoms with Gasteiger partial charge in [-0.2, -0.15) is 0 Å². The Kier molecular flexibility index (Phi) is 26.2. The van der Waals surface area contributed by atoms with Crippen LogP contribution < -0.4 is 5.32 Å². The highest BCUT2D eigenvalue weighted by atomic mass is 16.6. The van der Waals surface area contributed by atoms with Gasteiger partial charge in [0.05, 0.1) is 79.3 Å². The molecule has 1 N–H and O–H groups in total. The maximum absolute atomic E-state index is 11.6. The molecule has 0 aromatic heterocycles. The molecular formula is C30H51NO10. The van der Waals surface area contributed by atoms with E-state index in [0.29, 0.717) is 92.2 Å². The molecule has 0 unspecified atom stereocenters. The molecule has 11 nitrogen and oxygen atoms in total. The largest absolute Gasteiger partial charge is 0.463 e. The van der Waals surface area contributed by atoms with Crippen molar-refractivity contribution >= 4 is 12.1 Å². The van der Waals surface area contributed by atoms with Gasteiger partial charge in [0.2, 0.25) is 0 Å². The molecule has 0 aliphatic carbocycles. The molecule has 0 heterocycles. The van der Waals surface area contributed by atoms with Crippen molar-refractivity contribution in [3.8, 4) is 0 Å². The maximum atomic E-state index is 11.6. The van der Waals surface area contributed by atoms with E-state index in [0.717, 1.165) is 18.4 Å². The maximum Gasteiger partial charge on any atom is 0.407 e. The summed E-state index contributed by atoms with van der Waals surface area (Å²) >= 11 is 0. The summed E-state index contributed by atoms with van der Waals surface area (Å²) in [6, 6.07) is 9.50. The van der Waals surface area contributed by atoms with Crippen molar-refractivity contribution in [3.63, 3.8) is 0 Å². The van der Waals surface area contributed by atoms with E-state index in [-0.39, 0.29) is 19.2 Å². The van der Waals surface area contributed by atoms with Crippen LogP contribution in [0.5, 0.6) is 0 Å². The zero-order valence-electron chi connectivity index (χ0n) is 24.8. The Bertz CT molecular complexity index is 722. The van der Waals surface area contributed by atoms with Gasteiger partial charge in [0, 0.05) is 13.0 Å². The van der Waals surface area contributed by atoms with Crippen molar-refractivity contribution in [1.29, 1.82) is 0 Å². The summed E-state index contributed by atoms with van der Waals surface area (Å²) in [4.78, 5) is 23.2. The standard InChI is InChI=1S/C30H51NO10/c1-2-3-4-5-9-12-29(32)40-26-25-39-24-23-38-22-21-37-20-19-36-18-17-35-16-15-34-14-13-31-30(33)41-27-28-10-7-6-8-11-28/h6-8,10-11H,2-5,9,12-27H2,1H3,(H,31,33). The molecule has 11 heteroatoms. The lowest BCUT2D eigenvalue weighted by molar-refractivity contribution is -0.145. The van der Waals surface area contributed by atoms with Gasteiger partial charge >= 0.3 is 12.1 Å². The number of alkyl carbamates (subject to hydrolysis) is 1. The number of hydrogen-bond acceptors (Lipinski definition) is 10. The Morgan fingerprint density at radius 3 is 1.61 bits per heavy atom. The topological polar surface area (TPSA) is 120 Å². The van der Waals surface area contributed by atoms with Gasteiger partial charge in [0.15, 0.2) is 0 Å². The SMILES string of the molecule is CCCCCCCC(=O)OCCOCCOCCOCCOCCOCCOCCNC(=O)OCc1ccccc1. The van der Waals surface area contributed by atoms with Gasteiger partial charge in [-0.1, -0.05) is 62.9 Å². The Morgan fingerprint density at radius 1 is 0.585 bits per heavy atom. The molecule has 1 rings (SSSR count). The van der Waals surface area contributed by atoms with E-state index in [1.807, 2.05) is 30.3 Å². The number of nitrogens with one attached hydrogen (secondary N) is 1. The van der Waals surface area contributed by atoms with Crippen LogP contribution in [0.3, 0.4) is 0 Å². The summed E-state index contributed by atoms with van der Waals surface area (Å²) in [6.45, 7) is 8.46. The average Bonchev–Trinajstić information content (AvgIpc) is 2.99. The second kappa shape index (κ2) is 29.2. The van der Waals surface area contributed by atoms with Crippen molar-refractivity contribution in [3.05, 3.63) is 35.9 Å². The highest BCUT2D eigenvalue weighted by Gasteiger charge is 2.03. The fourth-order valence-electron chi connectivity index (χ4n) is 3.36. The first-order valence-corrected chi connectivity index (χ1v) is 14.8. The van der Waals surface area contributed by atoms with Crippen LogP contribution in [0.25, 0.3) is 0 Å². The Morgan fingerprint density at radius 2 is 1.07 bits per heavy atom. The van der Waals surface area contributed by atoms with Gasteiger partial charge < -0.3 is 43.2 Å². The molecular weight excluding hydrogens is 534 g/mol. The molecule has 0 spiro atoms. The first-order chi connectivity index (χ1) is 20.2. The van der Waals surface area contributed by atoms with Crippen LogP contribution in [0, 0.1) is 0 Å². The Hall–Kier alpha value is -2.28. The van der Waals surface area contributed by atoms with Crippen molar-refractivity contribution < 1.29 is 47.5 Å². The molecule has 0 bridgehead atoms. The number of carbonyl (C=O) groups is 2. The highest BCUT2D eigenvalue weighted by Crippen LogP contribution is 2.05. The molecule has 236 valence electrons. The zero-order chi connectivity index (χ0) is 29.5. The minimum atomic E-state index is -0.469. The van der Waals surface area contributed by atoms with Crippen LogP contribution in [-0.2, 0) is 49.3 Å². The minimum Gasteiger partial charge on any atom is -0.463 e. The molecule has 41 heavy (non-hydrogen) atoms. The van der Waals surface area contributed by atoms with Crippen molar-refractivity contribution in [2.45, 2.75) is 52.1 Å². The molecule has 0 fully saturated rings. The van der Waals surface area contributed by atoms with Crippen molar-refractivity contribution in [2.24, 2.45) is 0 Å². The molecule has 0 saturated carbocycles.